The van der Waals surface area contributed by atoms with Crippen LogP contribution in [0.25, 0.3) is 0 Å². The Bertz CT molecular complexity index is 914. The number of carbonyl (C=O) groups excluding carboxylic acids is 2. The largest absolute Gasteiger partial charge is 0.496 e. The third kappa shape index (κ3) is 5.17. The highest BCUT2D eigenvalue weighted by Crippen LogP contribution is 2.17. The van der Waals surface area contributed by atoms with Gasteiger partial charge in [-0.2, -0.15) is 0 Å². The molecule has 0 radical (unpaired) electrons. The Labute approximate surface area is 167 Å². The average Bonchev–Trinajstić information content (AvgIpc) is 3.26. The van der Waals surface area contributed by atoms with Crippen LogP contribution in [0.5, 0.6) is 5.75 Å². The predicted octanol–water partition coefficient (Wildman–Crippen LogP) is 2.81. The van der Waals surface area contributed by atoms with Crippen molar-refractivity contribution in [3.8, 4) is 5.75 Å². The van der Waals surface area contributed by atoms with Crippen molar-refractivity contribution < 1.29 is 14.3 Å². The van der Waals surface area contributed by atoms with Crippen LogP contribution < -0.4 is 15.4 Å². The molecule has 1 heterocycles. The van der Waals surface area contributed by atoms with Crippen LogP contribution in [0.3, 0.4) is 0 Å². The van der Waals surface area contributed by atoms with Gasteiger partial charge in [0, 0.05) is 11.8 Å². The summed E-state index contributed by atoms with van der Waals surface area (Å²) in [5.74, 6) is -0.163. The van der Waals surface area contributed by atoms with Crippen molar-refractivity contribution in [1.29, 1.82) is 0 Å². The van der Waals surface area contributed by atoms with Crippen LogP contribution in [0.2, 0.25) is 0 Å². The summed E-state index contributed by atoms with van der Waals surface area (Å²) in [6, 6.07) is 15.8. The zero-order valence-electron chi connectivity index (χ0n) is 15.4. The Kier molecular flexibility index (Phi) is 6.75. The minimum atomic E-state index is -0.724. The van der Waals surface area contributed by atoms with Crippen LogP contribution in [0.1, 0.15) is 21.6 Å². The lowest BCUT2D eigenvalue weighted by Crippen LogP contribution is -2.47. The second kappa shape index (κ2) is 9.66. The smallest absolute Gasteiger partial charge is 0.255 e. The zero-order valence-corrected chi connectivity index (χ0v) is 16.2. The number of para-hydroxylation sites is 1. The molecular weight excluding hydrogens is 374 g/mol. The van der Waals surface area contributed by atoms with Crippen molar-refractivity contribution in [3.05, 3.63) is 82.3 Å². The van der Waals surface area contributed by atoms with Crippen molar-refractivity contribution in [3.63, 3.8) is 0 Å². The molecule has 0 bridgehead atoms. The summed E-state index contributed by atoms with van der Waals surface area (Å²) in [6.45, 7) is 0.318. The molecule has 0 spiro atoms. The van der Waals surface area contributed by atoms with E-state index >= 15 is 0 Å². The van der Waals surface area contributed by atoms with Crippen molar-refractivity contribution in [2.75, 3.05) is 7.11 Å². The second-order valence-corrected chi connectivity index (χ2v) is 6.83. The first kappa shape index (κ1) is 19.6. The van der Waals surface area contributed by atoms with Gasteiger partial charge in [-0.1, -0.05) is 42.5 Å². The van der Waals surface area contributed by atoms with Crippen LogP contribution in [-0.2, 0) is 17.8 Å². The van der Waals surface area contributed by atoms with Crippen molar-refractivity contribution in [1.82, 2.24) is 15.6 Å². The molecule has 1 unspecified atom stereocenters. The third-order valence-corrected chi connectivity index (χ3v) is 4.82. The number of nitrogens with zero attached hydrogens (tertiary/aromatic N) is 1. The van der Waals surface area contributed by atoms with Crippen molar-refractivity contribution in [2.45, 2.75) is 19.0 Å². The molecule has 2 aromatic carbocycles. The number of aromatic nitrogens is 1. The van der Waals surface area contributed by atoms with E-state index in [1.54, 1.807) is 29.8 Å². The second-order valence-electron chi connectivity index (χ2n) is 6.11. The summed E-state index contributed by atoms with van der Waals surface area (Å²) < 4.78 is 5.25. The molecule has 2 amide bonds. The Hall–Kier alpha value is -3.19. The van der Waals surface area contributed by atoms with Gasteiger partial charge in [0.1, 0.15) is 11.8 Å². The summed E-state index contributed by atoms with van der Waals surface area (Å²) in [7, 11) is 1.51. The van der Waals surface area contributed by atoms with E-state index in [2.05, 4.69) is 15.6 Å². The first-order valence-electron chi connectivity index (χ1n) is 8.80. The molecule has 6 nitrogen and oxygen atoms in total. The molecule has 0 aliphatic heterocycles. The Morgan fingerprint density at radius 2 is 1.86 bits per heavy atom. The van der Waals surface area contributed by atoms with Crippen LogP contribution in [-0.4, -0.2) is 29.9 Å². The molecule has 3 rings (SSSR count). The van der Waals surface area contributed by atoms with Gasteiger partial charge in [-0.15, -0.1) is 11.3 Å². The zero-order chi connectivity index (χ0) is 19.8. The standard InChI is InChI=1S/C21H21N3O3S/c1-27-19-10-6-5-9-17(19)20(25)24-18(11-15-7-3-2-4-8-15)21(26)22-12-16-13-28-14-23-16/h2-10,13-14,18H,11-12H2,1H3,(H,22,26)(H,24,25). The topological polar surface area (TPSA) is 80.3 Å². The molecule has 0 aliphatic carbocycles. The monoisotopic (exact) mass is 395 g/mol. The number of carbonyl (C=O) groups is 2. The fourth-order valence-electron chi connectivity index (χ4n) is 2.75. The highest BCUT2D eigenvalue weighted by Gasteiger charge is 2.23. The summed E-state index contributed by atoms with van der Waals surface area (Å²) >= 11 is 1.47. The fourth-order valence-corrected chi connectivity index (χ4v) is 3.31. The maximum Gasteiger partial charge on any atom is 0.255 e. The molecule has 0 saturated heterocycles. The van der Waals surface area contributed by atoms with E-state index < -0.39 is 6.04 Å². The summed E-state index contributed by atoms with van der Waals surface area (Å²) in [4.78, 5) is 29.7. The highest BCUT2D eigenvalue weighted by atomic mass is 32.1. The molecule has 0 fully saturated rings. The molecular formula is C21H21N3O3S. The molecule has 28 heavy (non-hydrogen) atoms. The van der Waals surface area contributed by atoms with E-state index in [0.29, 0.717) is 24.3 Å². The van der Waals surface area contributed by atoms with Crippen LogP contribution >= 0.6 is 11.3 Å². The SMILES string of the molecule is COc1ccccc1C(=O)NC(Cc1ccccc1)C(=O)NCc1cscn1. The first-order chi connectivity index (χ1) is 13.7. The lowest BCUT2D eigenvalue weighted by molar-refractivity contribution is -0.123. The van der Waals surface area contributed by atoms with E-state index in [1.807, 2.05) is 35.7 Å². The number of hydrogen-bond donors (Lipinski definition) is 2. The quantitative estimate of drug-likeness (QED) is 0.615. The van der Waals surface area contributed by atoms with Crippen molar-refractivity contribution in [2.24, 2.45) is 0 Å². The lowest BCUT2D eigenvalue weighted by atomic mass is 10.0. The van der Waals surface area contributed by atoms with Gasteiger partial charge in [0.15, 0.2) is 0 Å². The molecule has 0 saturated carbocycles. The third-order valence-electron chi connectivity index (χ3n) is 4.18. The van der Waals surface area contributed by atoms with Gasteiger partial charge in [0.05, 0.1) is 30.4 Å². The highest BCUT2D eigenvalue weighted by molar-refractivity contribution is 7.07. The number of hydrogen-bond acceptors (Lipinski definition) is 5. The summed E-state index contributed by atoms with van der Waals surface area (Å²) in [5.41, 5.74) is 3.84. The van der Waals surface area contributed by atoms with E-state index in [0.717, 1.165) is 11.3 Å². The predicted molar refractivity (Wildman–Crippen MR) is 108 cm³/mol. The summed E-state index contributed by atoms with van der Waals surface area (Å²) in [5, 5.41) is 7.56. The van der Waals surface area contributed by atoms with Crippen LogP contribution in [0, 0.1) is 0 Å². The molecule has 3 aromatic rings. The molecule has 1 aromatic heterocycles. The maximum atomic E-state index is 12.8. The molecule has 144 valence electrons. The van der Waals surface area contributed by atoms with Gasteiger partial charge in [-0.05, 0) is 17.7 Å². The number of rotatable bonds is 8. The fraction of sp³-hybridized carbons (Fsp3) is 0.190. The van der Waals surface area contributed by atoms with Crippen LogP contribution in [0.15, 0.2) is 65.5 Å². The summed E-state index contributed by atoms with van der Waals surface area (Å²) in [6.07, 6.45) is 0.380. The number of amides is 2. The Morgan fingerprint density at radius 1 is 1.11 bits per heavy atom. The molecule has 2 N–H and O–H groups in total. The number of thiazole rings is 1. The first-order valence-corrected chi connectivity index (χ1v) is 9.74. The molecule has 0 aliphatic rings. The number of benzene rings is 2. The van der Waals surface area contributed by atoms with Gasteiger partial charge in [-0.3, -0.25) is 9.59 Å². The minimum Gasteiger partial charge on any atom is -0.496 e. The minimum absolute atomic E-state index is 0.264. The number of nitrogens with one attached hydrogen (secondary N) is 2. The van der Waals surface area contributed by atoms with E-state index in [1.165, 1.54) is 18.4 Å². The Morgan fingerprint density at radius 3 is 2.57 bits per heavy atom. The van der Waals surface area contributed by atoms with Gasteiger partial charge < -0.3 is 15.4 Å². The van der Waals surface area contributed by atoms with Gasteiger partial charge >= 0.3 is 0 Å². The lowest BCUT2D eigenvalue weighted by Gasteiger charge is -2.19. The number of methoxy groups -OCH3 is 1. The van der Waals surface area contributed by atoms with E-state index in [4.69, 9.17) is 4.74 Å². The van der Waals surface area contributed by atoms with Gasteiger partial charge in [0.25, 0.3) is 5.91 Å². The maximum absolute atomic E-state index is 12.8. The Balaban J connectivity index is 1.74. The van der Waals surface area contributed by atoms with E-state index in [9.17, 15) is 9.59 Å². The molecule has 1 atom stereocenters. The van der Waals surface area contributed by atoms with Gasteiger partial charge in [-0.25, -0.2) is 4.98 Å². The van der Waals surface area contributed by atoms with Crippen LogP contribution in [0.4, 0.5) is 0 Å². The van der Waals surface area contributed by atoms with E-state index in [-0.39, 0.29) is 11.8 Å². The average molecular weight is 395 g/mol. The number of ether oxygens (including phenoxy) is 1. The molecule has 7 heteroatoms. The van der Waals surface area contributed by atoms with Crippen molar-refractivity contribution >= 4 is 23.2 Å². The van der Waals surface area contributed by atoms with Gasteiger partial charge in [0.2, 0.25) is 5.91 Å². The normalized spacial score (nSPS) is 11.5.